The van der Waals surface area contributed by atoms with E-state index in [4.69, 9.17) is 5.73 Å². The van der Waals surface area contributed by atoms with Crippen molar-refractivity contribution in [2.75, 3.05) is 5.73 Å². The van der Waals surface area contributed by atoms with Gasteiger partial charge in [0.25, 0.3) is 5.91 Å². The minimum Gasteiger partial charge on any atom is -0.368 e. The molecular formula is C13H18N4O. The molecule has 0 saturated heterocycles. The Labute approximate surface area is 106 Å². The van der Waals surface area contributed by atoms with Crippen LogP contribution in [-0.2, 0) is 6.54 Å². The molecule has 5 heteroatoms. The average molecular weight is 246 g/mol. The number of aromatic nitrogens is 2. The third kappa shape index (κ3) is 1.83. The maximum atomic E-state index is 12.3. The highest BCUT2D eigenvalue weighted by atomic mass is 16.2. The molecule has 2 heterocycles. The number of carbonyl (C=O) groups excluding carboxylic acids is 1. The first kappa shape index (κ1) is 11.4. The lowest BCUT2D eigenvalue weighted by molar-refractivity contribution is 0.0639. The van der Waals surface area contributed by atoms with Crippen molar-refractivity contribution in [2.24, 2.45) is 5.92 Å². The topological polar surface area (TPSA) is 72.1 Å². The summed E-state index contributed by atoms with van der Waals surface area (Å²) in [6, 6.07) is 0.365. The first-order valence-corrected chi connectivity index (χ1v) is 6.57. The van der Waals surface area contributed by atoms with Crippen molar-refractivity contribution >= 4 is 11.9 Å². The minimum absolute atomic E-state index is 0.0737. The van der Waals surface area contributed by atoms with E-state index in [2.05, 4.69) is 16.9 Å². The van der Waals surface area contributed by atoms with Gasteiger partial charge in [0.15, 0.2) is 0 Å². The van der Waals surface area contributed by atoms with Crippen molar-refractivity contribution in [1.82, 2.24) is 14.9 Å². The van der Waals surface area contributed by atoms with Crippen LogP contribution >= 0.6 is 0 Å². The summed E-state index contributed by atoms with van der Waals surface area (Å²) in [6.07, 6.45) is 6.18. The summed E-state index contributed by atoms with van der Waals surface area (Å²) in [7, 11) is 0. The number of carbonyl (C=O) groups is 1. The van der Waals surface area contributed by atoms with E-state index in [-0.39, 0.29) is 11.9 Å². The van der Waals surface area contributed by atoms with E-state index in [0.29, 0.717) is 18.2 Å². The zero-order chi connectivity index (χ0) is 12.7. The molecule has 1 amide bonds. The van der Waals surface area contributed by atoms with E-state index in [1.165, 1.54) is 12.8 Å². The Morgan fingerprint density at radius 2 is 2.06 bits per heavy atom. The lowest BCUT2D eigenvalue weighted by Crippen LogP contribution is -2.38. The van der Waals surface area contributed by atoms with Gasteiger partial charge in [0, 0.05) is 12.2 Å². The van der Waals surface area contributed by atoms with Crippen LogP contribution in [0.25, 0.3) is 0 Å². The zero-order valence-electron chi connectivity index (χ0n) is 10.6. The van der Waals surface area contributed by atoms with E-state index >= 15 is 0 Å². The number of hydrogen-bond acceptors (Lipinski definition) is 4. The quantitative estimate of drug-likeness (QED) is 0.816. The molecule has 1 saturated carbocycles. The molecule has 5 nitrogen and oxygen atoms in total. The summed E-state index contributed by atoms with van der Waals surface area (Å²) in [5, 5.41) is 0. The molecule has 2 aliphatic rings. The molecular weight excluding hydrogens is 228 g/mol. The fourth-order valence-corrected chi connectivity index (χ4v) is 2.97. The van der Waals surface area contributed by atoms with Crippen LogP contribution in [0.5, 0.6) is 0 Å². The number of nitrogens with two attached hydrogens (primary N) is 1. The van der Waals surface area contributed by atoms with Crippen LogP contribution in [0.1, 0.15) is 48.7 Å². The predicted molar refractivity (Wildman–Crippen MR) is 67.7 cm³/mol. The van der Waals surface area contributed by atoms with Crippen molar-refractivity contribution in [1.29, 1.82) is 0 Å². The fraction of sp³-hybridized carbons (Fsp3) is 0.615. The van der Waals surface area contributed by atoms with Crippen molar-refractivity contribution in [2.45, 2.75) is 45.2 Å². The molecule has 2 N–H and O–H groups in total. The van der Waals surface area contributed by atoms with Crippen molar-refractivity contribution in [3.8, 4) is 0 Å². The van der Waals surface area contributed by atoms with Gasteiger partial charge in [0.2, 0.25) is 5.95 Å². The highest BCUT2D eigenvalue weighted by Gasteiger charge is 2.35. The highest BCUT2D eigenvalue weighted by Crippen LogP contribution is 2.32. The molecule has 0 atom stereocenters. The maximum absolute atomic E-state index is 12.3. The van der Waals surface area contributed by atoms with E-state index in [9.17, 15) is 4.79 Å². The lowest BCUT2D eigenvalue weighted by atomic mass is 9.86. The first-order valence-electron chi connectivity index (χ1n) is 6.57. The number of nitrogen functional groups attached to an aromatic ring is 1. The molecule has 1 fully saturated rings. The number of hydrogen-bond donors (Lipinski definition) is 1. The van der Waals surface area contributed by atoms with Gasteiger partial charge in [0.05, 0.1) is 17.8 Å². The zero-order valence-corrected chi connectivity index (χ0v) is 10.6. The number of nitrogens with zero attached hydrogens (tertiary/aromatic N) is 3. The van der Waals surface area contributed by atoms with Crippen LogP contribution in [0.2, 0.25) is 0 Å². The fourth-order valence-electron chi connectivity index (χ4n) is 2.97. The second-order valence-corrected chi connectivity index (χ2v) is 5.44. The third-order valence-electron chi connectivity index (χ3n) is 4.12. The smallest absolute Gasteiger partial charge is 0.257 e. The van der Waals surface area contributed by atoms with Crippen LogP contribution in [0.3, 0.4) is 0 Å². The average Bonchev–Trinajstić information content (AvgIpc) is 2.67. The monoisotopic (exact) mass is 246 g/mol. The lowest BCUT2D eigenvalue weighted by Gasteiger charge is -2.33. The van der Waals surface area contributed by atoms with Gasteiger partial charge in [0.1, 0.15) is 0 Å². The van der Waals surface area contributed by atoms with Gasteiger partial charge in [-0.05, 0) is 31.6 Å². The standard InChI is InChI=1S/C13H18N4O/c1-8-2-4-9(5-3-8)17-7-11-10(12(17)18)6-15-13(14)16-11/h6,8-9H,2-5,7H2,1H3,(H2,14,15,16). The Morgan fingerprint density at radius 3 is 2.78 bits per heavy atom. The van der Waals surface area contributed by atoms with Gasteiger partial charge in [-0.2, -0.15) is 0 Å². The number of amides is 1. The Bertz CT molecular complexity index is 480. The summed E-state index contributed by atoms with van der Waals surface area (Å²) in [6.45, 7) is 2.88. The normalized spacial score (nSPS) is 27.4. The van der Waals surface area contributed by atoms with Crippen molar-refractivity contribution in [3.05, 3.63) is 17.5 Å². The van der Waals surface area contributed by atoms with E-state index in [1.807, 2.05) is 4.90 Å². The summed E-state index contributed by atoms with van der Waals surface area (Å²) in [5.74, 6) is 1.11. The van der Waals surface area contributed by atoms with E-state index in [1.54, 1.807) is 6.20 Å². The van der Waals surface area contributed by atoms with Gasteiger partial charge in [-0.1, -0.05) is 6.92 Å². The van der Waals surface area contributed by atoms with Crippen LogP contribution in [0.4, 0.5) is 5.95 Å². The largest absolute Gasteiger partial charge is 0.368 e. The molecule has 18 heavy (non-hydrogen) atoms. The minimum atomic E-state index is 0.0737. The Balaban J connectivity index is 1.80. The van der Waals surface area contributed by atoms with Crippen LogP contribution in [0, 0.1) is 5.92 Å². The number of anilines is 1. The SMILES string of the molecule is CC1CCC(N2Cc3nc(N)ncc3C2=O)CC1. The molecule has 1 aliphatic heterocycles. The molecule has 3 rings (SSSR count). The second kappa shape index (κ2) is 4.23. The summed E-state index contributed by atoms with van der Waals surface area (Å²) in [5.41, 5.74) is 6.98. The molecule has 0 unspecified atom stereocenters. The third-order valence-corrected chi connectivity index (χ3v) is 4.12. The highest BCUT2D eigenvalue weighted by molar-refractivity contribution is 5.97. The van der Waals surface area contributed by atoms with Crippen LogP contribution < -0.4 is 5.73 Å². The molecule has 96 valence electrons. The van der Waals surface area contributed by atoms with Crippen LogP contribution in [-0.4, -0.2) is 26.8 Å². The summed E-state index contributed by atoms with van der Waals surface area (Å²) in [4.78, 5) is 22.3. The second-order valence-electron chi connectivity index (χ2n) is 5.44. The van der Waals surface area contributed by atoms with Crippen LogP contribution in [0.15, 0.2) is 6.20 Å². The molecule has 0 spiro atoms. The molecule has 0 radical (unpaired) electrons. The Kier molecular flexibility index (Phi) is 2.69. The van der Waals surface area contributed by atoms with E-state index in [0.717, 1.165) is 24.5 Å². The van der Waals surface area contributed by atoms with Gasteiger partial charge in [-0.25, -0.2) is 9.97 Å². The van der Waals surface area contributed by atoms with E-state index < -0.39 is 0 Å². The summed E-state index contributed by atoms with van der Waals surface area (Å²) < 4.78 is 0. The molecule has 1 aromatic heterocycles. The summed E-state index contributed by atoms with van der Waals surface area (Å²) >= 11 is 0. The van der Waals surface area contributed by atoms with Gasteiger partial charge >= 0.3 is 0 Å². The first-order chi connectivity index (χ1) is 8.65. The van der Waals surface area contributed by atoms with Crippen molar-refractivity contribution in [3.63, 3.8) is 0 Å². The molecule has 1 aromatic rings. The number of rotatable bonds is 1. The van der Waals surface area contributed by atoms with Gasteiger partial charge < -0.3 is 10.6 Å². The molecule has 0 aromatic carbocycles. The maximum Gasteiger partial charge on any atom is 0.257 e. The Hall–Kier alpha value is -1.65. The molecule has 0 bridgehead atoms. The number of fused-ring (bicyclic) bond motifs is 1. The molecule has 1 aliphatic carbocycles. The van der Waals surface area contributed by atoms with Gasteiger partial charge in [-0.15, -0.1) is 0 Å². The van der Waals surface area contributed by atoms with Crippen molar-refractivity contribution < 1.29 is 4.79 Å². The predicted octanol–water partition coefficient (Wildman–Crippen LogP) is 1.59. The Morgan fingerprint density at radius 1 is 1.33 bits per heavy atom. The van der Waals surface area contributed by atoms with Gasteiger partial charge in [-0.3, -0.25) is 4.79 Å².